The highest BCUT2D eigenvalue weighted by Gasteiger charge is 2.36. The van der Waals surface area contributed by atoms with E-state index in [4.69, 9.17) is 18.7 Å². The predicted octanol–water partition coefficient (Wildman–Crippen LogP) is 4.61. The Bertz CT molecular complexity index is 910. The molecule has 2 atom stereocenters. The van der Waals surface area contributed by atoms with Crippen molar-refractivity contribution in [2.45, 2.75) is 53.1 Å². The molecule has 1 aromatic carbocycles. The first-order chi connectivity index (χ1) is 14.1. The third-order valence-electron chi connectivity index (χ3n) is 5.34. The van der Waals surface area contributed by atoms with Crippen molar-refractivity contribution in [2.24, 2.45) is 5.41 Å². The lowest BCUT2D eigenvalue weighted by molar-refractivity contribution is -0.226. The van der Waals surface area contributed by atoms with Gasteiger partial charge in [-0.25, -0.2) is 8.78 Å². The molecule has 0 radical (unpaired) electrons. The van der Waals surface area contributed by atoms with Crippen LogP contribution in [0.2, 0.25) is 0 Å². The standard InChI is InChI=1S/C22H28F2N2O4/c1-12-6-17(30-25-12)15-7-16(21-27-10-22(4,5)11-28-21)20(19(24)18(15)23)26-8-13(2)29-14(3)9-26/h6-7,13-14,21H,8-11H2,1-5H3/t13-,14-/m1/s1. The largest absolute Gasteiger partial charge is 0.372 e. The summed E-state index contributed by atoms with van der Waals surface area (Å²) < 4.78 is 53.6. The van der Waals surface area contributed by atoms with Crippen LogP contribution in [0.15, 0.2) is 16.7 Å². The Kier molecular flexibility index (Phi) is 5.59. The maximum absolute atomic E-state index is 15.5. The average molecular weight is 422 g/mol. The number of aryl methyl sites for hydroxylation is 1. The number of nitrogens with zero attached hydrogens (tertiary/aromatic N) is 2. The van der Waals surface area contributed by atoms with Crippen molar-refractivity contribution in [2.75, 3.05) is 31.2 Å². The number of aromatic nitrogens is 1. The topological polar surface area (TPSA) is 57.0 Å². The predicted molar refractivity (Wildman–Crippen MR) is 107 cm³/mol. The van der Waals surface area contributed by atoms with Gasteiger partial charge in [-0.3, -0.25) is 0 Å². The molecule has 4 rings (SSSR count). The van der Waals surface area contributed by atoms with Crippen LogP contribution in [-0.4, -0.2) is 43.7 Å². The molecule has 2 aliphatic heterocycles. The minimum Gasteiger partial charge on any atom is -0.372 e. The molecule has 0 spiro atoms. The second kappa shape index (κ2) is 7.90. The van der Waals surface area contributed by atoms with Gasteiger partial charge in [-0.05, 0) is 26.8 Å². The maximum atomic E-state index is 15.5. The summed E-state index contributed by atoms with van der Waals surface area (Å²) in [6.07, 6.45) is -1.04. The number of ether oxygens (including phenoxy) is 3. The molecule has 6 nitrogen and oxygen atoms in total. The number of morpholine rings is 1. The Hall–Kier alpha value is -2.03. The highest BCUT2D eigenvalue weighted by molar-refractivity contribution is 5.68. The van der Waals surface area contributed by atoms with Gasteiger partial charge in [0.05, 0.1) is 42.4 Å². The summed E-state index contributed by atoms with van der Waals surface area (Å²) in [5.41, 5.74) is 1.02. The quantitative estimate of drug-likeness (QED) is 0.720. The van der Waals surface area contributed by atoms with Crippen LogP contribution < -0.4 is 4.90 Å². The monoisotopic (exact) mass is 422 g/mol. The van der Waals surface area contributed by atoms with Crippen molar-refractivity contribution in [3.05, 3.63) is 35.0 Å². The molecule has 8 heteroatoms. The van der Waals surface area contributed by atoms with Crippen LogP contribution in [0.4, 0.5) is 14.5 Å². The smallest absolute Gasteiger partial charge is 0.185 e. The fourth-order valence-corrected chi connectivity index (χ4v) is 4.04. The zero-order chi connectivity index (χ0) is 21.6. The molecular formula is C22H28F2N2O4. The minimum atomic E-state index is -0.979. The van der Waals surface area contributed by atoms with Gasteiger partial charge in [-0.1, -0.05) is 19.0 Å². The Morgan fingerprint density at radius 1 is 1.03 bits per heavy atom. The highest BCUT2D eigenvalue weighted by atomic mass is 19.2. The van der Waals surface area contributed by atoms with E-state index >= 15 is 8.78 Å². The molecule has 0 aliphatic carbocycles. The Balaban J connectivity index is 1.82. The van der Waals surface area contributed by atoms with Crippen LogP contribution in [-0.2, 0) is 14.2 Å². The summed E-state index contributed by atoms with van der Waals surface area (Å²) in [5.74, 6) is -1.76. The van der Waals surface area contributed by atoms with Crippen LogP contribution in [0.25, 0.3) is 11.3 Å². The van der Waals surface area contributed by atoms with Crippen LogP contribution in [0.3, 0.4) is 0 Å². The van der Waals surface area contributed by atoms with Crippen molar-refractivity contribution < 1.29 is 27.5 Å². The van der Waals surface area contributed by atoms with Crippen molar-refractivity contribution in [1.29, 1.82) is 0 Å². The molecule has 0 N–H and O–H groups in total. The van der Waals surface area contributed by atoms with Gasteiger partial charge < -0.3 is 23.6 Å². The summed E-state index contributed by atoms with van der Waals surface area (Å²) in [5, 5.41) is 3.80. The molecule has 3 heterocycles. The molecule has 0 amide bonds. The summed E-state index contributed by atoms with van der Waals surface area (Å²) in [6.45, 7) is 11.4. The first-order valence-electron chi connectivity index (χ1n) is 10.2. The van der Waals surface area contributed by atoms with Gasteiger partial charge in [0.2, 0.25) is 0 Å². The number of anilines is 1. The van der Waals surface area contributed by atoms with E-state index in [0.717, 1.165) is 0 Å². The summed E-state index contributed by atoms with van der Waals surface area (Å²) >= 11 is 0. The maximum Gasteiger partial charge on any atom is 0.185 e. The minimum absolute atomic E-state index is 0.00163. The fraction of sp³-hybridized carbons (Fsp3) is 0.591. The third-order valence-corrected chi connectivity index (χ3v) is 5.34. The van der Waals surface area contributed by atoms with Gasteiger partial charge in [0.15, 0.2) is 23.7 Å². The zero-order valence-electron chi connectivity index (χ0n) is 18.0. The number of benzene rings is 1. The molecule has 164 valence electrons. The lowest BCUT2D eigenvalue weighted by atomic mass is 9.95. The van der Waals surface area contributed by atoms with E-state index < -0.39 is 17.9 Å². The van der Waals surface area contributed by atoms with E-state index in [1.165, 1.54) is 0 Å². The van der Waals surface area contributed by atoms with Gasteiger partial charge >= 0.3 is 0 Å². The van der Waals surface area contributed by atoms with Crippen molar-refractivity contribution in [1.82, 2.24) is 5.16 Å². The second-order valence-corrected chi connectivity index (χ2v) is 9.10. The molecule has 0 unspecified atom stereocenters. The summed E-state index contributed by atoms with van der Waals surface area (Å²) in [4.78, 5) is 1.81. The summed E-state index contributed by atoms with van der Waals surface area (Å²) in [6, 6.07) is 3.13. The molecule has 30 heavy (non-hydrogen) atoms. The highest BCUT2D eigenvalue weighted by Crippen LogP contribution is 2.42. The second-order valence-electron chi connectivity index (χ2n) is 9.10. The first-order valence-corrected chi connectivity index (χ1v) is 10.2. The van der Waals surface area contributed by atoms with Crippen LogP contribution in [0.5, 0.6) is 0 Å². The van der Waals surface area contributed by atoms with Crippen LogP contribution in [0.1, 0.15) is 45.2 Å². The van der Waals surface area contributed by atoms with Crippen molar-refractivity contribution >= 4 is 5.69 Å². The first kappa shape index (κ1) is 21.2. The van der Waals surface area contributed by atoms with Crippen LogP contribution >= 0.6 is 0 Å². The number of hydrogen-bond donors (Lipinski definition) is 0. The van der Waals surface area contributed by atoms with Crippen molar-refractivity contribution in [3.8, 4) is 11.3 Å². The number of rotatable bonds is 3. The average Bonchev–Trinajstić information content (AvgIpc) is 3.09. The molecule has 2 fully saturated rings. The Morgan fingerprint density at radius 2 is 1.67 bits per heavy atom. The zero-order valence-corrected chi connectivity index (χ0v) is 18.0. The fourth-order valence-electron chi connectivity index (χ4n) is 4.04. The van der Waals surface area contributed by atoms with Crippen LogP contribution in [0, 0.1) is 24.0 Å². The van der Waals surface area contributed by atoms with E-state index in [-0.39, 0.29) is 34.6 Å². The normalized spacial score (nSPS) is 25.0. The van der Waals surface area contributed by atoms with Crippen molar-refractivity contribution in [3.63, 3.8) is 0 Å². The van der Waals surface area contributed by atoms with E-state index in [2.05, 4.69) is 5.16 Å². The van der Waals surface area contributed by atoms with Gasteiger partial charge in [0, 0.05) is 30.1 Å². The lowest BCUT2D eigenvalue weighted by Gasteiger charge is -2.40. The molecule has 1 aromatic heterocycles. The number of hydrogen-bond acceptors (Lipinski definition) is 6. The van der Waals surface area contributed by atoms with E-state index in [1.54, 1.807) is 19.1 Å². The molecule has 2 aliphatic rings. The number of halogens is 2. The van der Waals surface area contributed by atoms with Gasteiger partial charge in [-0.15, -0.1) is 0 Å². The SMILES string of the molecule is Cc1cc(-c2cc(C3OCC(C)(C)CO3)c(N3C[C@@H](C)O[C@H](C)C3)c(F)c2F)on1. The molecule has 2 aromatic rings. The summed E-state index contributed by atoms with van der Waals surface area (Å²) in [7, 11) is 0. The van der Waals surface area contributed by atoms with E-state index in [9.17, 15) is 0 Å². The van der Waals surface area contributed by atoms with Gasteiger partial charge in [0.1, 0.15) is 0 Å². The third kappa shape index (κ3) is 4.08. The molecule has 0 saturated carbocycles. The molecule has 2 saturated heterocycles. The van der Waals surface area contributed by atoms with Gasteiger partial charge in [-0.2, -0.15) is 0 Å². The molecule has 0 bridgehead atoms. The van der Waals surface area contributed by atoms with Gasteiger partial charge in [0.25, 0.3) is 0 Å². The Labute approximate surface area is 175 Å². The Morgan fingerprint density at radius 3 is 2.23 bits per heavy atom. The van der Waals surface area contributed by atoms with E-state index in [1.807, 2.05) is 32.6 Å². The lowest BCUT2D eigenvalue weighted by Crippen LogP contribution is -2.46. The van der Waals surface area contributed by atoms with E-state index in [0.29, 0.717) is 37.6 Å². The molecular weight excluding hydrogens is 394 g/mol.